The van der Waals surface area contributed by atoms with E-state index in [1.807, 2.05) is 11.4 Å². The molecule has 0 spiro atoms. The van der Waals surface area contributed by atoms with E-state index in [4.69, 9.17) is 0 Å². The van der Waals surface area contributed by atoms with Crippen LogP contribution in [0.3, 0.4) is 0 Å². The minimum Gasteiger partial charge on any atom is -0.388 e. The molecule has 1 atom stereocenters. The van der Waals surface area contributed by atoms with Crippen molar-refractivity contribution < 1.29 is 14.3 Å². The van der Waals surface area contributed by atoms with Gasteiger partial charge >= 0.3 is 0 Å². The van der Waals surface area contributed by atoms with E-state index in [0.29, 0.717) is 18.7 Å². The fraction of sp³-hybridized carbons (Fsp3) is 0.312. The number of rotatable bonds is 3. The number of aliphatic hydroxyl groups is 1. The molecule has 1 unspecified atom stereocenters. The van der Waals surface area contributed by atoms with E-state index in [-0.39, 0.29) is 12.3 Å². The number of aliphatic hydroxyl groups excluding tert-OH is 1. The first-order valence-corrected chi connectivity index (χ1v) is 7.78. The standard InChI is InChI=1S/C16H16FNO2S/c17-13-3-1-2-11(8-13)14(19)9-16(20)18-6-4-15-12(10-18)5-7-21-15/h1-3,5,7-8,14,19H,4,6,9-10H2. The van der Waals surface area contributed by atoms with E-state index >= 15 is 0 Å². The third kappa shape index (κ3) is 3.14. The second-order valence-electron chi connectivity index (χ2n) is 5.21. The Hall–Kier alpha value is -1.72. The Balaban J connectivity index is 1.64. The molecule has 1 aliphatic rings. The first kappa shape index (κ1) is 14.2. The Morgan fingerprint density at radius 2 is 2.29 bits per heavy atom. The van der Waals surface area contributed by atoms with Gasteiger partial charge in [0.1, 0.15) is 5.82 Å². The van der Waals surface area contributed by atoms with Gasteiger partial charge in [-0.05, 0) is 41.1 Å². The van der Waals surface area contributed by atoms with E-state index in [1.165, 1.54) is 28.6 Å². The van der Waals surface area contributed by atoms with E-state index in [9.17, 15) is 14.3 Å². The zero-order chi connectivity index (χ0) is 14.8. The van der Waals surface area contributed by atoms with Gasteiger partial charge in [0.15, 0.2) is 0 Å². The zero-order valence-electron chi connectivity index (χ0n) is 11.5. The van der Waals surface area contributed by atoms with Crippen molar-refractivity contribution >= 4 is 17.2 Å². The van der Waals surface area contributed by atoms with Gasteiger partial charge in [-0.15, -0.1) is 11.3 Å². The molecule has 0 radical (unpaired) electrons. The number of hydrogen-bond acceptors (Lipinski definition) is 3. The maximum absolute atomic E-state index is 13.1. The molecule has 1 N–H and O–H groups in total. The van der Waals surface area contributed by atoms with Gasteiger partial charge in [-0.1, -0.05) is 12.1 Å². The summed E-state index contributed by atoms with van der Waals surface area (Å²) in [5.74, 6) is -0.497. The molecule has 2 heterocycles. The van der Waals surface area contributed by atoms with Gasteiger partial charge in [0.25, 0.3) is 0 Å². The van der Waals surface area contributed by atoms with Crippen molar-refractivity contribution in [3.63, 3.8) is 0 Å². The Kier molecular flexibility index (Phi) is 4.03. The maximum Gasteiger partial charge on any atom is 0.225 e. The number of benzene rings is 1. The van der Waals surface area contributed by atoms with E-state index < -0.39 is 11.9 Å². The topological polar surface area (TPSA) is 40.5 Å². The summed E-state index contributed by atoms with van der Waals surface area (Å²) in [6.07, 6.45) is -0.102. The maximum atomic E-state index is 13.1. The number of hydrogen-bond donors (Lipinski definition) is 1. The largest absolute Gasteiger partial charge is 0.388 e. The van der Waals surface area contributed by atoms with Crippen LogP contribution in [-0.4, -0.2) is 22.5 Å². The highest BCUT2D eigenvalue weighted by atomic mass is 32.1. The fourth-order valence-electron chi connectivity index (χ4n) is 2.59. The molecule has 0 saturated carbocycles. The number of carbonyl (C=O) groups is 1. The van der Waals surface area contributed by atoms with Crippen molar-refractivity contribution in [3.8, 4) is 0 Å². The van der Waals surface area contributed by atoms with E-state index in [2.05, 4.69) is 0 Å². The van der Waals surface area contributed by atoms with E-state index in [1.54, 1.807) is 22.3 Å². The highest BCUT2D eigenvalue weighted by molar-refractivity contribution is 7.10. The van der Waals surface area contributed by atoms with E-state index in [0.717, 1.165) is 6.42 Å². The lowest BCUT2D eigenvalue weighted by Gasteiger charge is -2.28. The van der Waals surface area contributed by atoms with Crippen LogP contribution >= 0.6 is 11.3 Å². The Labute approximate surface area is 126 Å². The van der Waals surface area contributed by atoms with Crippen LogP contribution in [0.2, 0.25) is 0 Å². The van der Waals surface area contributed by atoms with Crippen LogP contribution < -0.4 is 0 Å². The predicted molar refractivity (Wildman–Crippen MR) is 79.4 cm³/mol. The fourth-order valence-corrected chi connectivity index (χ4v) is 3.48. The Morgan fingerprint density at radius 1 is 1.43 bits per heavy atom. The first-order chi connectivity index (χ1) is 10.1. The number of amides is 1. The molecule has 1 aliphatic heterocycles. The molecule has 2 aromatic rings. The van der Waals surface area contributed by atoms with Crippen molar-refractivity contribution in [3.05, 3.63) is 57.5 Å². The number of carbonyl (C=O) groups excluding carboxylic acids is 1. The number of nitrogens with zero attached hydrogens (tertiary/aromatic N) is 1. The molecular weight excluding hydrogens is 289 g/mol. The molecule has 0 fully saturated rings. The second-order valence-corrected chi connectivity index (χ2v) is 6.21. The highest BCUT2D eigenvalue weighted by Crippen LogP contribution is 2.26. The summed E-state index contributed by atoms with van der Waals surface area (Å²) in [5.41, 5.74) is 1.64. The van der Waals surface area contributed by atoms with Crippen LogP contribution in [0.25, 0.3) is 0 Å². The summed E-state index contributed by atoms with van der Waals surface area (Å²) < 4.78 is 13.1. The van der Waals surface area contributed by atoms with Gasteiger partial charge in [0, 0.05) is 18.0 Å². The average Bonchev–Trinajstić information content (AvgIpc) is 2.94. The number of fused-ring (bicyclic) bond motifs is 1. The van der Waals surface area contributed by atoms with Crippen LogP contribution in [0.1, 0.15) is 28.5 Å². The summed E-state index contributed by atoms with van der Waals surface area (Å²) in [5, 5.41) is 12.1. The van der Waals surface area contributed by atoms with Crippen LogP contribution in [0.4, 0.5) is 4.39 Å². The van der Waals surface area contributed by atoms with Crippen molar-refractivity contribution in [1.82, 2.24) is 4.90 Å². The van der Waals surface area contributed by atoms with Gasteiger partial charge in [-0.2, -0.15) is 0 Å². The monoisotopic (exact) mass is 305 g/mol. The molecule has 0 saturated heterocycles. The quantitative estimate of drug-likeness (QED) is 0.947. The van der Waals surface area contributed by atoms with Gasteiger partial charge in [-0.3, -0.25) is 4.79 Å². The summed E-state index contributed by atoms with van der Waals surface area (Å²) in [6, 6.07) is 7.81. The number of halogens is 1. The van der Waals surface area contributed by atoms with Gasteiger partial charge < -0.3 is 10.0 Å². The molecule has 1 aromatic heterocycles. The van der Waals surface area contributed by atoms with Gasteiger partial charge in [0.05, 0.1) is 12.5 Å². The first-order valence-electron chi connectivity index (χ1n) is 6.90. The number of thiophene rings is 1. The SMILES string of the molecule is O=C(CC(O)c1cccc(F)c1)N1CCc2sccc2C1. The Bertz CT molecular complexity index is 655. The summed E-state index contributed by atoms with van der Waals surface area (Å²) >= 11 is 1.72. The molecule has 3 nitrogen and oxygen atoms in total. The minimum absolute atomic E-state index is 0.0110. The molecule has 0 aliphatic carbocycles. The molecule has 5 heteroatoms. The smallest absolute Gasteiger partial charge is 0.225 e. The summed E-state index contributed by atoms with van der Waals surface area (Å²) in [4.78, 5) is 15.4. The third-order valence-corrected chi connectivity index (χ3v) is 4.78. The lowest BCUT2D eigenvalue weighted by molar-refractivity contribution is -0.134. The van der Waals surface area contributed by atoms with Crippen molar-refractivity contribution in [1.29, 1.82) is 0 Å². The minimum atomic E-state index is -0.961. The third-order valence-electron chi connectivity index (χ3n) is 3.76. The second kappa shape index (κ2) is 5.95. The summed E-state index contributed by atoms with van der Waals surface area (Å²) in [6.45, 7) is 1.29. The molecule has 21 heavy (non-hydrogen) atoms. The zero-order valence-corrected chi connectivity index (χ0v) is 12.3. The molecule has 110 valence electrons. The van der Waals surface area contributed by atoms with Gasteiger partial charge in [0.2, 0.25) is 5.91 Å². The lowest BCUT2D eigenvalue weighted by Crippen LogP contribution is -2.36. The lowest BCUT2D eigenvalue weighted by atomic mass is 10.0. The molecule has 3 rings (SSSR count). The van der Waals surface area contributed by atoms with Crippen LogP contribution in [0.5, 0.6) is 0 Å². The predicted octanol–water partition coefficient (Wildman–Crippen LogP) is 2.90. The summed E-state index contributed by atoms with van der Waals surface area (Å²) in [7, 11) is 0. The van der Waals surface area contributed by atoms with Crippen molar-refractivity contribution in [2.45, 2.75) is 25.5 Å². The van der Waals surface area contributed by atoms with Crippen molar-refractivity contribution in [2.24, 2.45) is 0 Å². The van der Waals surface area contributed by atoms with Crippen molar-refractivity contribution in [2.75, 3.05) is 6.54 Å². The van der Waals surface area contributed by atoms with Crippen LogP contribution in [0.15, 0.2) is 35.7 Å². The molecule has 1 amide bonds. The molecule has 1 aromatic carbocycles. The van der Waals surface area contributed by atoms with Crippen LogP contribution in [0, 0.1) is 5.82 Å². The molecular formula is C16H16FNO2S. The molecule has 0 bridgehead atoms. The highest BCUT2D eigenvalue weighted by Gasteiger charge is 2.23. The average molecular weight is 305 g/mol. The van der Waals surface area contributed by atoms with Gasteiger partial charge in [-0.25, -0.2) is 4.39 Å². The normalized spacial score (nSPS) is 15.6. The Morgan fingerprint density at radius 3 is 3.10 bits per heavy atom. The van der Waals surface area contributed by atoms with Crippen LogP contribution in [-0.2, 0) is 17.8 Å².